The number of nitrogens with two attached hydrogens (primary N) is 2. The second kappa shape index (κ2) is 9.38. The minimum Gasteiger partial charge on any atom is -0.394 e. The third-order valence-corrected chi connectivity index (χ3v) is 3.00. The van der Waals surface area contributed by atoms with Crippen molar-refractivity contribution < 1.29 is 33.5 Å². The summed E-state index contributed by atoms with van der Waals surface area (Å²) in [6.45, 7) is -0.824. The molecule has 0 heterocycles. The van der Waals surface area contributed by atoms with Crippen molar-refractivity contribution in [3.8, 4) is 0 Å². The Morgan fingerprint density at radius 1 is 1.37 bits per heavy atom. The molecule has 0 aliphatic carbocycles. The van der Waals surface area contributed by atoms with Crippen LogP contribution in [0.1, 0.15) is 19.3 Å². The lowest BCUT2D eigenvalue weighted by atomic mass is 10.1. The van der Waals surface area contributed by atoms with E-state index in [1.807, 2.05) is 0 Å². The quantitative estimate of drug-likeness (QED) is 0.237. The Balaban J connectivity index is 4.10. The number of hydrogen-bond donors (Lipinski definition) is 5. The van der Waals surface area contributed by atoms with Crippen molar-refractivity contribution in [3.63, 3.8) is 0 Å². The first-order valence-corrected chi connectivity index (χ1v) is 7.27. The van der Waals surface area contributed by atoms with Crippen molar-refractivity contribution in [3.05, 3.63) is 0 Å². The van der Waals surface area contributed by atoms with E-state index in [4.69, 9.17) is 21.7 Å². The maximum Gasteiger partial charge on any atom is 0.529 e. The van der Waals surface area contributed by atoms with Crippen LogP contribution in [0.2, 0.25) is 0 Å². The van der Waals surface area contributed by atoms with Gasteiger partial charge in [0, 0.05) is 0 Å². The second-order valence-corrected chi connectivity index (χ2v) is 5.28. The lowest BCUT2D eigenvalue weighted by Gasteiger charge is -2.16. The van der Waals surface area contributed by atoms with Gasteiger partial charge >= 0.3 is 13.8 Å². The Hall–Kier alpha value is -0.540. The largest absolute Gasteiger partial charge is 0.529 e. The van der Waals surface area contributed by atoms with Gasteiger partial charge in [0.05, 0.1) is 13.2 Å². The molecule has 0 saturated heterocycles. The Labute approximate surface area is 111 Å². The molecule has 0 aliphatic rings. The first-order chi connectivity index (χ1) is 8.82. The summed E-state index contributed by atoms with van der Waals surface area (Å²) in [4.78, 5) is 20.5. The molecular weight excluding hydrogens is 279 g/mol. The monoisotopic (exact) mass is 300 g/mol. The minimum absolute atomic E-state index is 0.273. The highest BCUT2D eigenvalue weighted by Gasteiger charge is 2.29. The van der Waals surface area contributed by atoms with Crippen molar-refractivity contribution in [1.29, 1.82) is 0 Å². The molecule has 0 aromatic carbocycles. The van der Waals surface area contributed by atoms with Gasteiger partial charge in [-0.15, -0.1) is 0 Å². The fourth-order valence-corrected chi connectivity index (χ4v) is 1.84. The van der Waals surface area contributed by atoms with Crippen LogP contribution < -0.4 is 11.5 Å². The van der Waals surface area contributed by atoms with Crippen LogP contribution >= 0.6 is 7.82 Å². The van der Waals surface area contributed by atoms with Crippen molar-refractivity contribution in [1.82, 2.24) is 0 Å². The van der Waals surface area contributed by atoms with Gasteiger partial charge < -0.3 is 26.2 Å². The molecule has 3 unspecified atom stereocenters. The third kappa shape index (κ3) is 9.06. The summed E-state index contributed by atoms with van der Waals surface area (Å²) < 4.78 is 19.8. The van der Waals surface area contributed by atoms with E-state index < -0.39 is 39.2 Å². The zero-order valence-electron chi connectivity index (χ0n) is 10.5. The molecule has 10 heteroatoms. The number of carbonyl (C=O) groups is 1. The Bertz CT molecular complexity index is 315. The Morgan fingerprint density at radius 2 is 2.00 bits per heavy atom. The summed E-state index contributed by atoms with van der Waals surface area (Å²) in [5.41, 5.74) is 10.7. The summed E-state index contributed by atoms with van der Waals surface area (Å²) in [6.07, 6.45) is 0.205. The smallest absolute Gasteiger partial charge is 0.394 e. The Kier molecular flexibility index (Phi) is 9.11. The lowest BCUT2D eigenvalue weighted by Crippen LogP contribution is -2.32. The maximum atomic E-state index is 11.4. The van der Waals surface area contributed by atoms with Crippen LogP contribution in [0.25, 0.3) is 0 Å². The van der Waals surface area contributed by atoms with Gasteiger partial charge in [-0.25, -0.2) is 9.36 Å². The predicted molar refractivity (Wildman–Crippen MR) is 65.8 cm³/mol. The fourth-order valence-electron chi connectivity index (χ4n) is 1.07. The molecule has 0 bridgehead atoms. The highest BCUT2D eigenvalue weighted by Crippen LogP contribution is 2.43. The maximum absolute atomic E-state index is 11.4. The summed E-state index contributed by atoms with van der Waals surface area (Å²) in [5, 5.41) is 17.4. The second-order valence-electron chi connectivity index (χ2n) is 3.90. The summed E-state index contributed by atoms with van der Waals surface area (Å²) in [6, 6.07) is -1.04. The highest BCUT2D eigenvalue weighted by molar-refractivity contribution is 7.48. The van der Waals surface area contributed by atoms with Crippen molar-refractivity contribution in [2.75, 3.05) is 19.8 Å². The standard InChI is InChI=1S/C9H21N2O7P/c10-4-2-1-3-8(11)9(14)18-19(15,16)17-6-7(13)5-12/h7-8,12-13H,1-6,10-11H2,(H,15,16). The van der Waals surface area contributed by atoms with Crippen molar-refractivity contribution >= 4 is 13.8 Å². The van der Waals surface area contributed by atoms with Gasteiger partial charge in [0.25, 0.3) is 0 Å². The van der Waals surface area contributed by atoms with Crippen LogP contribution in [0.5, 0.6) is 0 Å². The molecule has 0 saturated carbocycles. The zero-order valence-corrected chi connectivity index (χ0v) is 11.4. The fraction of sp³-hybridized carbons (Fsp3) is 0.889. The van der Waals surface area contributed by atoms with Crippen LogP contribution in [0.15, 0.2) is 0 Å². The van der Waals surface area contributed by atoms with Crippen LogP contribution in [0, 0.1) is 0 Å². The number of aliphatic hydroxyl groups is 2. The molecule has 0 amide bonds. The molecule has 114 valence electrons. The van der Waals surface area contributed by atoms with E-state index in [0.29, 0.717) is 19.4 Å². The predicted octanol–water partition coefficient (Wildman–Crippen LogP) is -1.54. The third-order valence-electron chi connectivity index (χ3n) is 2.12. The van der Waals surface area contributed by atoms with E-state index in [0.717, 1.165) is 0 Å². The molecule has 0 aromatic heterocycles. The number of rotatable bonds is 10. The molecule has 0 radical (unpaired) electrons. The van der Waals surface area contributed by atoms with E-state index >= 15 is 0 Å². The highest BCUT2D eigenvalue weighted by atomic mass is 31.2. The number of phosphoric acid groups is 1. The summed E-state index contributed by atoms with van der Waals surface area (Å²) in [5.74, 6) is -1.07. The van der Waals surface area contributed by atoms with Gasteiger partial charge in [0.1, 0.15) is 12.1 Å². The van der Waals surface area contributed by atoms with E-state index in [9.17, 15) is 14.3 Å². The lowest BCUT2D eigenvalue weighted by molar-refractivity contribution is -0.137. The van der Waals surface area contributed by atoms with Crippen molar-refractivity contribution in [2.45, 2.75) is 31.4 Å². The first-order valence-electron chi connectivity index (χ1n) is 5.77. The zero-order chi connectivity index (χ0) is 14.9. The summed E-state index contributed by atoms with van der Waals surface area (Å²) in [7, 11) is -4.63. The van der Waals surface area contributed by atoms with E-state index in [1.54, 1.807) is 0 Å². The topological polar surface area (TPSA) is 165 Å². The first kappa shape index (κ1) is 18.5. The molecular formula is C9H21N2O7P. The van der Waals surface area contributed by atoms with E-state index in [-0.39, 0.29) is 6.42 Å². The molecule has 0 rings (SSSR count). The van der Waals surface area contributed by atoms with Crippen LogP contribution in [-0.2, 0) is 18.4 Å². The molecule has 0 fully saturated rings. The molecule has 9 nitrogen and oxygen atoms in total. The number of carbonyl (C=O) groups excluding carboxylic acids is 1. The van der Waals surface area contributed by atoms with Crippen LogP contribution in [0.4, 0.5) is 0 Å². The average molecular weight is 300 g/mol. The van der Waals surface area contributed by atoms with Gasteiger partial charge in [-0.3, -0.25) is 9.42 Å². The molecule has 0 spiro atoms. The van der Waals surface area contributed by atoms with Crippen molar-refractivity contribution in [2.24, 2.45) is 11.5 Å². The molecule has 19 heavy (non-hydrogen) atoms. The van der Waals surface area contributed by atoms with Crippen LogP contribution in [-0.4, -0.2) is 53.0 Å². The number of hydrogen-bond acceptors (Lipinski definition) is 8. The number of unbranched alkanes of at least 4 members (excludes halogenated alkanes) is 1. The SMILES string of the molecule is NCCCCC(N)C(=O)OP(=O)(O)OCC(O)CO. The summed E-state index contributed by atoms with van der Waals surface area (Å²) >= 11 is 0. The average Bonchev–Trinajstić information content (AvgIpc) is 2.35. The van der Waals surface area contributed by atoms with E-state index in [1.165, 1.54) is 0 Å². The van der Waals surface area contributed by atoms with Crippen LogP contribution in [0.3, 0.4) is 0 Å². The Morgan fingerprint density at radius 3 is 2.53 bits per heavy atom. The molecule has 0 aromatic rings. The van der Waals surface area contributed by atoms with Gasteiger partial charge in [-0.05, 0) is 19.4 Å². The molecule has 7 N–H and O–H groups in total. The normalized spacial score (nSPS) is 17.5. The molecule has 0 aliphatic heterocycles. The minimum atomic E-state index is -4.63. The van der Waals surface area contributed by atoms with Gasteiger partial charge in [0.2, 0.25) is 0 Å². The van der Waals surface area contributed by atoms with Gasteiger partial charge in [-0.1, -0.05) is 6.42 Å². The molecule has 3 atom stereocenters. The van der Waals surface area contributed by atoms with Gasteiger partial charge in [0.15, 0.2) is 0 Å². The number of phosphoric ester groups is 1. The van der Waals surface area contributed by atoms with E-state index in [2.05, 4.69) is 9.05 Å². The number of aliphatic hydroxyl groups excluding tert-OH is 2. The van der Waals surface area contributed by atoms with Gasteiger partial charge in [-0.2, -0.15) is 0 Å².